The average Bonchev–Trinajstić information content (AvgIpc) is 2.55. The largest absolute Gasteiger partial charge is 0.345 e. The van der Waals surface area contributed by atoms with Crippen molar-refractivity contribution in [1.82, 2.24) is 10.7 Å². The van der Waals surface area contributed by atoms with E-state index in [1.165, 1.54) is 18.2 Å². The molecule has 1 aliphatic rings. The van der Waals surface area contributed by atoms with E-state index in [0.717, 1.165) is 31.2 Å². The fourth-order valence-electron chi connectivity index (χ4n) is 2.78. The summed E-state index contributed by atoms with van der Waals surface area (Å²) in [4.78, 5) is 23.6. The first-order valence-corrected chi connectivity index (χ1v) is 8.61. The lowest BCUT2D eigenvalue weighted by atomic mass is 9.87. The number of amides is 2. The topological polar surface area (TPSA) is 70.6 Å². The smallest absolute Gasteiger partial charge is 0.329 e. The molecule has 2 N–H and O–H groups in total. The second kappa shape index (κ2) is 8.08. The predicted molar refractivity (Wildman–Crippen MR) is 95.9 cm³/mol. The zero-order chi connectivity index (χ0) is 17.6. The highest BCUT2D eigenvalue weighted by Gasteiger charge is 2.19. The van der Waals surface area contributed by atoms with Crippen LogP contribution in [0.25, 0.3) is 0 Å². The molecule has 24 heavy (non-hydrogen) atoms. The molecule has 0 radical (unpaired) electrons. The molecule has 0 saturated heterocycles. The number of carbonyl (C=O) groups excluding carboxylic acids is 2. The highest BCUT2D eigenvalue weighted by molar-refractivity contribution is 6.35. The summed E-state index contributed by atoms with van der Waals surface area (Å²) in [5.41, 5.74) is 4.49. The fourth-order valence-corrected chi connectivity index (χ4v) is 2.78. The molecule has 1 aliphatic carbocycles. The van der Waals surface area contributed by atoms with E-state index >= 15 is 0 Å². The standard InChI is InChI=1S/C19H27N3O2/c1-19(2,3)15-11-9-14(10-12-15)13-20-22-18(24)17(23)21-16-7-5-4-6-8-16/h9-13,16H,4-8H2,1-3H3,(H,21,23)(H,22,24)/b20-13-. The van der Waals surface area contributed by atoms with Gasteiger partial charge in [-0.1, -0.05) is 64.3 Å². The molecule has 2 amide bonds. The molecule has 2 rings (SSSR count). The van der Waals surface area contributed by atoms with Gasteiger partial charge in [0.15, 0.2) is 0 Å². The van der Waals surface area contributed by atoms with Crippen LogP contribution in [0.1, 0.15) is 64.0 Å². The summed E-state index contributed by atoms with van der Waals surface area (Å²) in [5, 5.41) is 6.63. The van der Waals surface area contributed by atoms with Crippen molar-refractivity contribution in [3.05, 3.63) is 35.4 Å². The zero-order valence-electron chi connectivity index (χ0n) is 14.8. The molecule has 0 bridgehead atoms. The number of rotatable bonds is 3. The molecule has 0 unspecified atom stereocenters. The third-order valence-electron chi connectivity index (χ3n) is 4.30. The van der Waals surface area contributed by atoms with Gasteiger partial charge in [-0.05, 0) is 29.4 Å². The van der Waals surface area contributed by atoms with Crippen LogP contribution in [0.5, 0.6) is 0 Å². The Morgan fingerprint density at radius 2 is 1.67 bits per heavy atom. The molecule has 1 aromatic carbocycles. The summed E-state index contributed by atoms with van der Waals surface area (Å²) in [6.45, 7) is 6.46. The lowest BCUT2D eigenvalue weighted by molar-refractivity contribution is -0.139. The van der Waals surface area contributed by atoms with E-state index in [-0.39, 0.29) is 11.5 Å². The summed E-state index contributed by atoms with van der Waals surface area (Å²) >= 11 is 0. The van der Waals surface area contributed by atoms with Crippen molar-refractivity contribution in [1.29, 1.82) is 0 Å². The molecule has 5 heteroatoms. The lowest BCUT2D eigenvalue weighted by Gasteiger charge is -2.22. The van der Waals surface area contributed by atoms with Crippen molar-refractivity contribution in [2.75, 3.05) is 0 Å². The second-order valence-electron chi connectivity index (χ2n) is 7.38. The van der Waals surface area contributed by atoms with Crippen LogP contribution in [0.15, 0.2) is 29.4 Å². The van der Waals surface area contributed by atoms with E-state index in [1.807, 2.05) is 24.3 Å². The third kappa shape index (κ3) is 5.48. The minimum atomic E-state index is -0.719. The van der Waals surface area contributed by atoms with Gasteiger partial charge in [0.25, 0.3) is 0 Å². The Hall–Kier alpha value is -2.17. The number of hydrogen-bond donors (Lipinski definition) is 2. The quantitative estimate of drug-likeness (QED) is 0.508. The maximum atomic E-state index is 11.8. The Kier molecular flexibility index (Phi) is 6.12. The molecule has 1 fully saturated rings. The number of carbonyl (C=O) groups is 2. The van der Waals surface area contributed by atoms with Gasteiger partial charge >= 0.3 is 11.8 Å². The lowest BCUT2D eigenvalue weighted by Crippen LogP contribution is -2.44. The van der Waals surface area contributed by atoms with Crippen molar-refractivity contribution in [3.8, 4) is 0 Å². The minimum absolute atomic E-state index is 0.0983. The van der Waals surface area contributed by atoms with Gasteiger partial charge in [-0.3, -0.25) is 9.59 Å². The molecule has 1 aromatic rings. The number of nitrogens with zero attached hydrogens (tertiary/aromatic N) is 1. The van der Waals surface area contributed by atoms with Crippen LogP contribution in [0.4, 0.5) is 0 Å². The second-order valence-corrected chi connectivity index (χ2v) is 7.38. The minimum Gasteiger partial charge on any atom is -0.345 e. The zero-order valence-corrected chi connectivity index (χ0v) is 14.8. The average molecular weight is 329 g/mol. The molecule has 5 nitrogen and oxygen atoms in total. The molecule has 0 aliphatic heterocycles. The van der Waals surface area contributed by atoms with Gasteiger partial charge in [-0.2, -0.15) is 5.10 Å². The molecule has 0 spiro atoms. The summed E-state index contributed by atoms with van der Waals surface area (Å²) in [6, 6.07) is 8.08. The van der Waals surface area contributed by atoms with E-state index in [2.05, 4.69) is 36.6 Å². The first-order valence-electron chi connectivity index (χ1n) is 8.61. The van der Waals surface area contributed by atoms with E-state index < -0.39 is 11.8 Å². The van der Waals surface area contributed by atoms with Gasteiger partial charge in [0.05, 0.1) is 6.21 Å². The van der Waals surface area contributed by atoms with Crippen molar-refractivity contribution in [2.24, 2.45) is 5.10 Å². The van der Waals surface area contributed by atoms with Gasteiger partial charge in [0.2, 0.25) is 0 Å². The predicted octanol–water partition coefficient (Wildman–Crippen LogP) is 2.88. The maximum Gasteiger partial charge on any atom is 0.329 e. The van der Waals surface area contributed by atoms with Crippen LogP contribution >= 0.6 is 0 Å². The SMILES string of the molecule is CC(C)(C)c1ccc(/C=N\NC(=O)C(=O)NC2CCCCC2)cc1. The Morgan fingerprint density at radius 1 is 1.04 bits per heavy atom. The Balaban J connectivity index is 1.82. The Bertz CT molecular complexity index is 594. The highest BCUT2D eigenvalue weighted by atomic mass is 16.2. The first-order chi connectivity index (χ1) is 11.4. The van der Waals surface area contributed by atoms with E-state index in [9.17, 15) is 9.59 Å². The van der Waals surface area contributed by atoms with Crippen molar-refractivity contribution < 1.29 is 9.59 Å². The van der Waals surface area contributed by atoms with Crippen LogP contribution < -0.4 is 10.7 Å². The summed E-state index contributed by atoms with van der Waals surface area (Å²) in [6.07, 6.45) is 6.85. The van der Waals surface area contributed by atoms with Gasteiger partial charge in [-0.15, -0.1) is 0 Å². The summed E-state index contributed by atoms with van der Waals surface area (Å²) < 4.78 is 0. The van der Waals surface area contributed by atoms with Gasteiger partial charge in [0.1, 0.15) is 0 Å². The Labute approximate surface area is 143 Å². The number of nitrogens with one attached hydrogen (secondary N) is 2. The summed E-state index contributed by atoms with van der Waals surface area (Å²) in [7, 11) is 0. The van der Waals surface area contributed by atoms with E-state index in [1.54, 1.807) is 0 Å². The molecule has 130 valence electrons. The van der Waals surface area contributed by atoms with Crippen LogP contribution in [-0.2, 0) is 15.0 Å². The monoisotopic (exact) mass is 329 g/mol. The van der Waals surface area contributed by atoms with Gasteiger partial charge < -0.3 is 5.32 Å². The molecule has 0 heterocycles. The van der Waals surface area contributed by atoms with Crippen molar-refractivity contribution >= 4 is 18.0 Å². The van der Waals surface area contributed by atoms with Crippen molar-refractivity contribution in [2.45, 2.75) is 64.3 Å². The highest BCUT2D eigenvalue weighted by Crippen LogP contribution is 2.21. The van der Waals surface area contributed by atoms with Crippen LogP contribution in [0.3, 0.4) is 0 Å². The van der Waals surface area contributed by atoms with Crippen molar-refractivity contribution in [3.63, 3.8) is 0 Å². The van der Waals surface area contributed by atoms with Gasteiger partial charge in [0, 0.05) is 6.04 Å². The normalized spacial score (nSPS) is 16.1. The third-order valence-corrected chi connectivity index (χ3v) is 4.30. The number of hydrogen-bond acceptors (Lipinski definition) is 3. The number of benzene rings is 1. The maximum absolute atomic E-state index is 11.8. The van der Waals surface area contributed by atoms with Gasteiger partial charge in [-0.25, -0.2) is 5.43 Å². The van der Waals surface area contributed by atoms with Crippen LogP contribution in [-0.4, -0.2) is 24.1 Å². The molecule has 1 saturated carbocycles. The fraction of sp³-hybridized carbons (Fsp3) is 0.526. The van der Waals surface area contributed by atoms with Crippen LogP contribution in [0, 0.1) is 0 Å². The first kappa shape index (κ1) is 18.2. The molecule has 0 aromatic heterocycles. The molecule has 0 atom stereocenters. The number of hydrazone groups is 1. The van der Waals surface area contributed by atoms with Crippen LogP contribution in [0.2, 0.25) is 0 Å². The Morgan fingerprint density at radius 3 is 2.25 bits per heavy atom. The van der Waals surface area contributed by atoms with E-state index in [4.69, 9.17) is 0 Å². The summed E-state index contributed by atoms with van der Waals surface area (Å²) in [5.74, 6) is -1.33. The van der Waals surface area contributed by atoms with E-state index in [0.29, 0.717) is 0 Å². The molecular weight excluding hydrogens is 302 g/mol. The molecular formula is C19H27N3O2.